The van der Waals surface area contributed by atoms with Gasteiger partial charge < -0.3 is 9.84 Å². The van der Waals surface area contributed by atoms with Gasteiger partial charge in [-0.3, -0.25) is 4.79 Å². The average Bonchev–Trinajstić information content (AvgIpc) is 2.39. The van der Waals surface area contributed by atoms with Crippen molar-refractivity contribution in [1.29, 1.82) is 0 Å². The number of carbonyl (C=O) groups is 1. The van der Waals surface area contributed by atoms with Gasteiger partial charge >= 0.3 is 5.97 Å². The molecule has 0 saturated heterocycles. The molecule has 0 amide bonds. The Labute approximate surface area is 107 Å². The number of aliphatic hydroxyl groups is 1. The standard InChI is InChI=1S/C15H18O3/c1-18-14(16)11-15(17)10-6-5-9-13(15)12-7-3-2-4-8-12/h2-4,6-8,10,13,17H,5,9,11H2,1H3/t13-,15-/m1/s1. The van der Waals surface area contributed by atoms with Crippen LogP contribution in [0, 0.1) is 0 Å². The lowest BCUT2D eigenvalue weighted by Crippen LogP contribution is -2.38. The zero-order valence-corrected chi connectivity index (χ0v) is 10.5. The van der Waals surface area contributed by atoms with Gasteiger partial charge in [0.1, 0.15) is 5.60 Å². The van der Waals surface area contributed by atoms with Crippen LogP contribution in [0.2, 0.25) is 0 Å². The maximum atomic E-state index is 11.4. The van der Waals surface area contributed by atoms with Gasteiger partial charge in [-0.15, -0.1) is 0 Å². The highest BCUT2D eigenvalue weighted by Crippen LogP contribution is 2.39. The maximum absolute atomic E-state index is 11.4. The number of rotatable bonds is 3. The van der Waals surface area contributed by atoms with Crippen molar-refractivity contribution in [3.8, 4) is 0 Å². The molecule has 0 saturated carbocycles. The lowest BCUT2D eigenvalue weighted by Gasteiger charge is -2.36. The number of carbonyl (C=O) groups excluding carboxylic acids is 1. The molecule has 1 aromatic rings. The summed E-state index contributed by atoms with van der Waals surface area (Å²) in [6, 6.07) is 9.83. The third-order valence-electron chi connectivity index (χ3n) is 3.49. The van der Waals surface area contributed by atoms with Crippen LogP contribution in [0.3, 0.4) is 0 Å². The summed E-state index contributed by atoms with van der Waals surface area (Å²) in [4.78, 5) is 11.4. The fraction of sp³-hybridized carbons (Fsp3) is 0.400. The van der Waals surface area contributed by atoms with E-state index >= 15 is 0 Å². The molecule has 0 aliphatic heterocycles. The molecule has 0 spiro atoms. The Kier molecular flexibility index (Phi) is 3.82. The lowest BCUT2D eigenvalue weighted by atomic mass is 9.74. The number of ether oxygens (including phenoxy) is 1. The van der Waals surface area contributed by atoms with Crippen molar-refractivity contribution in [2.45, 2.75) is 30.8 Å². The molecule has 3 nitrogen and oxygen atoms in total. The first kappa shape index (κ1) is 12.8. The molecule has 0 radical (unpaired) electrons. The molecule has 0 fully saturated rings. The maximum Gasteiger partial charge on any atom is 0.308 e. The molecule has 1 aliphatic carbocycles. The molecule has 3 heteroatoms. The van der Waals surface area contributed by atoms with Gasteiger partial charge in [0.2, 0.25) is 0 Å². The number of hydrogen-bond acceptors (Lipinski definition) is 3. The fourth-order valence-corrected chi connectivity index (χ4v) is 2.54. The molecular weight excluding hydrogens is 228 g/mol. The number of methoxy groups -OCH3 is 1. The van der Waals surface area contributed by atoms with Gasteiger partial charge in [0.15, 0.2) is 0 Å². The van der Waals surface area contributed by atoms with E-state index in [2.05, 4.69) is 4.74 Å². The summed E-state index contributed by atoms with van der Waals surface area (Å²) in [6.45, 7) is 0. The summed E-state index contributed by atoms with van der Waals surface area (Å²) in [7, 11) is 1.34. The summed E-state index contributed by atoms with van der Waals surface area (Å²) in [5, 5.41) is 10.7. The van der Waals surface area contributed by atoms with Crippen molar-refractivity contribution in [3.05, 3.63) is 48.0 Å². The topological polar surface area (TPSA) is 46.5 Å². The van der Waals surface area contributed by atoms with Gasteiger partial charge in [0, 0.05) is 5.92 Å². The van der Waals surface area contributed by atoms with Gasteiger partial charge in [-0.2, -0.15) is 0 Å². The predicted octanol–water partition coefficient (Wildman–Crippen LogP) is 2.41. The summed E-state index contributed by atoms with van der Waals surface area (Å²) >= 11 is 0. The third kappa shape index (κ3) is 2.62. The van der Waals surface area contributed by atoms with E-state index in [0.29, 0.717) is 0 Å². The quantitative estimate of drug-likeness (QED) is 0.658. The first-order chi connectivity index (χ1) is 8.65. The summed E-state index contributed by atoms with van der Waals surface area (Å²) in [5.41, 5.74) is -0.0690. The van der Waals surface area contributed by atoms with Gasteiger partial charge in [0.05, 0.1) is 13.5 Å². The van der Waals surface area contributed by atoms with Crippen LogP contribution in [0.1, 0.15) is 30.7 Å². The van der Waals surface area contributed by atoms with E-state index < -0.39 is 5.60 Å². The minimum Gasteiger partial charge on any atom is -0.469 e. The molecule has 0 aromatic heterocycles. The Balaban J connectivity index is 2.28. The van der Waals surface area contributed by atoms with Crippen molar-refractivity contribution < 1.29 is 14.6 Å². The minimum atomic E-state index is -1.13. The van der Waals surface area contributed by atoms with Gasteiger partial charge in [-0.1, -0.05) is 42.5 Å². The van der Waals surface area contributed by atoms with Crippen molar-refractivity contribution >= 4 is 5.97 Å². The normalized spacial score (nSPS) is 26.9. The van der Waals surface area contributed by atoms with E-state index in [9.17, 15) is 9.90 Å². The van der Waals surface area contributed by atoms with Crippen LogP contribution in [0.4, 0.5) is 0 Å². The van der Waals surface area contributed by atoms with Crippen LogP contribution in [-0.2, 0) is 9.53 Å². The Morgan fingerprint density at radius 3 is 2.83 bits per heavy atom. The van der Waals surface area contributed by atoms with E-state index in [0.717, 1.165) is 18.4 Å². The third-order valence-corrected chi connectivity index (χ3v) is 3.49. The largest absolute Gasteiger partial charge is 0.469 e. The molecule has 96 valence electrons. The Morgan fingerprint density at radius 2 is 2.17 bits per heavy atom. The highest BCUT2D eigenvalue weighted by Gasteiger charge is 2.39. The number of allylic oxidation sites excluding steroid dienone is 1. The molecule has 0 heterocycles. The van der Waals surface area contributed by atoms with Crippen LogP contribution >= 0.6 is 0 Å². The highest BCUT2D eigenvalue weighted by atomic mass is 16.5. The highest BCUT2D eigenvalue weighted by molar-refractivity contribution is 5.71. The first-order valence-corrected chi connectivity index (χ1v) is 6.17. The second-order valence-corrected chi connectivity index (χ2v) is 4.69. The van der Waals surface area contributed by atoms with E-state index in [4.69, 9.17) is 0 Å². The van der Waals surface area contributed by atoms with Crippen molar-refractivity contribution in [2.24, 2.45) is 0 Å². The lowest BCUT2D eigenvalue weighted by molar-refractivity contribution is -0.145. The molecule has 1 aliphatic rings. The van der Waals surface area contributed by atoms with Gasteiger partial charge in [0.25, 0.3) is 0 Å². The molecule has 1 N–H and O–H groups in total. The Hall–Kier alpha value is -1.61. The fourth-order valence-electron chi connectivity index (χ4n) is 2.54. The Morgan fingerprint density at radius 1 is 1.44 bits per heavy atom. The second kappa shape index (κ2) is 5.36. The van der Waals surface area contributed by atoms with Crippen LogP contribution in [0.15, 0.2) is 42.5 Å². The van der Waals surface area contributed by atoms with E-state index in [-0.39, 0.29) is 18.3 Å². The smallest absolute Gasteiger partial charge is 0.308 e. The molecule has 0 unspecified atom stereocenters. The van der Waals surface area contributed by atoms with Crippen molar-refractivity contribution in [3.63, 3.8) is 0 Å². The van der Waals surface area contributed by atoms with Crippen LogP contribution in [0.25, 0.3) is 0 Å². The molecule has 1 aromatic carbocycles. The second-order valence-electron chi connectivity index (χ2n) is 4.69. The predicted molar refractivity (Wildman–Crippen MR) is 69.1 cm³/mol. The first-order valence-electron chi connectivity index (χ1n) is 6.17. The number of benzene rings is 1. The SMILES string of the molecule is COC(=O)C[C@]1(O)C=CCC[C@@H]1c1ccccc1. The van der Waals surface area contributed by atoms with Crippen LogP contribution in [0.5, 0.6) is 0 Å². The Bertz CT molecular complexity index is 438. The zero-order valence-electron chi connectivity index (χ0n) is 10.5. The van der Waals surface area contributed by atoms with Crippen LogP contribution in [-0.4, -0.2) is 23.8 Å². The summed E-state index contributed by atoms with van der Waals surface area (Å²) in [5.74, 6) is -0.437. The molecular formula is C15H18O3. The number of esters is 1. The van der Waals surface area contributed by atoms with Crippen LogP contribution < -0.4 is 0 Å². The van der Waals surface area contributed by atoms with Crippen molar-refractivity contribution in [2.75, 3.05) is 7.11 Å². The summed E-state index contributed by atoms with van der Waals surface area (Å²) in [6.07, 6.45) is 5.43. The van der Waals surface area contributed by atoms with Crippen molar-refractivity contribution in [1.82, 2.24) is 0 Å². The van der Waals surface area contributed by atoms with Gasteiger partial charge in [-0.05, 0) is 18.4 Å². The van der Waals surface area contributed by atoms with E-state index in [1.165, 1.54) is 7.11 Å². The minimum absolute atomic E-state index is 0.000436. The summed E-state index contributed by atoms with van der Waals surface area (Å²) < 4.78 is 4.67. The monoisotopic (exact) mass is 246 g/mol. The molecule has 2 rings (SSSR count). The number of hydrogen-bond donors (Lipinski definition) is 1. The van der Waals surface area contributed by atoms with E-state index in [1.54, 1.807) is 6.08 Å². The average molecular weight is 246 g/mol. The molecule has 0 bridgehead atoms. The molecule has 2 atom stereocenters. The zero-order chi connectivity index (χ0) is 13.0. The van der Waals surface area contributed by atoms with E-state index in [1.807, 2.05) is 36.4 Å². The van der Waals surface area contributed by atoms with Gasteiger partial charge in [-0.25, -0.2) is 0 Å². The molecule has 18 heavy (non-hydrogen) atoms.